The molecule has 2 N–H and O–H groups in total. The molecule has 9 heteroatoms. The van der Waals surface area contributed by atoms with Crippen molar-refractivity contribution in [3.63, 3.8) is 0 Å². The normalized spacial score (nSPS) is 18.2. The molecule has 140 valence electrons. The highest BCUT2D eigenvalue weighted by atomic mass is 35.5. The van der Waals surface area contributed by atoms with Crippen molar-refractivity contribution < 1.29 is 23.1 Å². The maximum atomic E-state index is 13.2. The van der Waals surface area contributed by atoms with Crippen molar-refractivity contribution in [3.05, 3.63) is 24.3 Å². The lowest BCUT2D eigenvalue weighted by atomic mass is 10.1. The van der Waals surface area contributed by atoms with E-state index in [1.54, 1.807) is 31.2 Å². The van der Waals surface area contributed by atoms with Gasteiger partial charge in [0.15, 0.2) is 0 Å². The first-order valence-electron chi connectivity index (χ1n) is 7.68. The number of alkyl halides is 2. The Labute approximate surface area is 151 Å². The second-order valence-corrected chi connectivity index (χ2v) is 5.63. The van der Waals surface area contributed by atoms with E-state index in [1.165, 1.54) is 12.0 Å². The Kier molecular flexibility index (Phi) is 7.57. The Morgan fingerprint density at radius 1 is 1.44 bits per heavy atom. The Balaban J connectivity index is 0.00000312. The van der Waals surface area contributed by atoms with E-state index in [-0.39, 0.29) is 25.5 Å². The zero-order chi connectivity index (χ0) is 17.7. The summed E-state index contributed by atoms with van der Waals surface area (Å²) in [5.41, 5.74) is 0.536. The monoisotopic (exact) mass is 377 g/mol. The van der Waals surface area contributed by atoms with Gasteiger partial charge in [0, 0.05) is 24.7 Å². The zero-order valence-corrected chi connectivity index (χ0v) is 14.9. The van der Waals surface area contributed by atoms with E-state index in [1.807, 2.05) is 0 Å². The quantitative estimate of drug-likeness (QED) is 0.794. The number of hydrogen-bond donors (Lipinski definition) is 2. The minimum Gasteiger partial charge on any atom is -0.497 e. The van der Waals surface area contributed by atoms with Gasteiger partial charge in [-0.2, -0.15) is 0 Å². The molecule has 2 amide bonds. The molecular weight excluding hydrogens is 356 g/mol. The van der Waals surface area contributed by atoms with Crippen LogP contribution in [0.25, 0.3) is 0 Å². The van der Waals surface area contributed by atoms with E-state index in [9.17, 15) is 18.4 Å². The fourth-order valence-corrected chi connectivity index (χ4v) is 2.53. The van der Waals surface area contributed by atoms with Crippen LogP contribution in [0.3, 0.4) is 0 Å². The van der Waals surface area contributed by atoms with Crippen LogP contribution in [0.5, 0.6) is 5.75 Å². The van der Waals surface area contributed by atoms with Crippen LogP contribution in [0.2, 0.25) is 0 Å². The van der Waals surface area contributed by atoms with Gasteiger partial charge in [-0.1, -0.05) is 6.07 Å². The van der Waals surface area contributed by atoms with Gasteiger partial charge in [-0.3, -0.25) is 14.9 Å². The largest absolute Gasteiger partial charge is 0.497 e. The molecule has 1 aromatic carbocycles. The number of anilines is 1. The molecule has 0 aromatic heterocycles. The predicted molar refractivity (Wildman–Crippen MR) is 92.5 cm³/mol. The Morgan fingerprint density at radius 3 is 2.72 bits per heavy atom. The summed E-state index contributed by atoms with van der Waals surface area (Å²) < 4.78 is 31.5. The van der Waals surface area contributed by atoms with Gasteiger partial charge in [-0.25, -0.2) is 8.78 Å². The van der Waals surface area contributed by atoms with E-state index in [0.717, 1.165) is 0 Å². The lowest BCUT2D eigenvalue weighted by molar-refractivity contribution is -0.136. The first kappa shape index (κ1) is 21.1. The van der Waals surface area contributed by atoms with Gasteiger partial charge in [-0.15, -0.1) is 12.4 Å². The Morgan fingerprint density at radius 2 is 2.16 bits per heavy atom. The summed E-state index contributed by atoms with van der Waals surface area (Å²) in [4.78, 5) is 25.7. The fraction of sp³-hybridized carbons (Fsp3) is 0.500. The molecule has 6 nitrogen and oxygen atoms in total. The number of methoxy groups -OCH3 is 1. The maximum Gasteiger partial charge on any atom is 0.262 e. The summed E-state index contributed by atoms with van der Waals surface area (Å²) in [7, 11) is 1.52. The lowest BCUT2D eigenvalue weighted by Gasteiger charge is -2.23. The average Bonchev–Trinajstić information content (AvgIpc) is 2.92. The van der Waals surface area contributed by atoms with Crippen molar-refractivity contribution in [2.24, 2.45) is 0 Å². The van der Waals surface area contributed by atoms with Crippen molar-refractivity contribution >= 4 is 29.9 Å². The zero-order valence-electron chi connectivity index (χ0n) is 14.1. The van der Waals surface area contributed by atoms with E-state index in [4.69, 9.17) is 4.74 Å². The van der Waals surface area contributed by atoms with Gasteiger partial charge in [0.2, 0.25) is 11.8 Å². The van der Waals surface area contributed by atoms with Crippen molar-refractivity contribution in [2.75, 3.05) is 32.1 Å². The molecule has 0 aliphatic carbocycles. The maximum absolute atomic E-state index is 13.2. The number of halogens is 3. The molecule has 1 aliphatic heterocycles. The minimum absolute atomic E-state index is 0. The van der Waals surface area contributed by atoms with Gasteiger partial charge in [0.05, 0.1) is 26.2 Å². The molecule has 1 atom stereocenters. The molecule has 1 unspecified atom stereocenters. The summed E-state index contributed by atoms with van der Waals surface area (Å²) in [6.45, 7) is 1.24. The molecule has 0 bridgehead atoms. The second-order valence-electron chi connectivity index (χ2n) is 5.63. The molecule has 1 aromatic rings. The van der Waals surface area contributed by atoms with Crippen LogP contribution in [0, 0.1) is 0 Å². The number of likely N-dealkylation sites (N-methyl/N-ethyl adjacent to an activating group) is 1. The minimum atomic E-state index is -2.89. The topological polar surface area (TPSA) is 70.7 Å². The van der Waals surface area contributed by atoms with Crippen molar-refractivity contribution in [3.8, 4) is 5.75 Å². The highest BCUT2D eigenvalue weighted by Crippen LogP contribution is 2.26. The molecule has 25 heavy (non-hydrogen) atoms. The summed E-state index contributed by atoms with van der Waals surface area (Å²) in [6.07, 6.45) is -0.542. The predicted octanol–water partition coefficient (Wildman–Crippen LogP) is 1.90. The summed E-state index contributed by atoms with van der Waals surface area (Å²) in [5, 5.41) is 5.17. The van der Waals surface area contributed by atoms with Gasteiger partial charge < -0.3 is 15.0 Å². The number of benzene rings is 1. The van der Waals surface area contributed by atoms with Crippen molar-refractivity contribution in [1.82, 2.24) is 10.2 Å². The van der Waals surface area contributed by atoms with Crippen molar-refractivity contribution in [1.29, 1.82) is 0 Å². The molecule has 1 saturated heterocycles. The van der Waals surface area contributed by atoms with E-state index in [0.29, 0.717) is 11.4 Å². The molecular formula is C16H22ClF2N3O3. The van der Waals surface area contributed by atoms with Crippen LogP contribution in [-0.4, -0.2) is 55.4 Å². The Bertz CT molecular complexity index is 616. The lowest BCUT2D eigenvalue weighted by Crippen LogP contribution is -2.46. The van der Waals surface area contributed by atoms with E-state index >= 15 is 0 Å². The third-order valence-electron chi connectivity index (χ3n) is 3.79. The molecule has 2 rings (SSSR count). The number of carbonyl (C=O) groups is 2. The average molecular weight is 378 g/mol. The fourth-order valence-electron chi connectivity index (χ4n) is 2.53. The number of carbonyl (C=O) groups excluding carboxylic acids is 2. The molecule has 1 heterocycles. The molecule has 0 spiro atoms. The standard InChI is InChI=1S/C16H21F2N3O3.ClH/c1-3-21(15(23)13-8-16(17,18)10-19-13)9-14(22)20-11-5-4-6-12(7-11)24-2;/h4-7,13,19H,3,8-10H2,1-2H3,(H,20,22);1H. The van der Waals surface area contributed by atoms with Crippen LogP contribution in [0.15, 0.2) is 24.3 Å². The highest BCUT2D eigenvalue weighted by molar-refractivity contribution is 5.95. The van der Waals surface area contributed by atoms with Gasteiger partial charge >= 0.3 is 0 Å². The van der Waals surface area contributed by atoms with Gasteiger partial charge in [-0.05, 0) is 19.1 Å². The van der Waals surface area contributed by atoms with Gasteiger partial charge in [0.1, 0.15) is 5.75 Å². The number of nitrogens with one attached hydrogen (secondary N) is 2. The van der Waals surface area contributed by atoms with Gasteiger partial charge in [0.25, 0.3) is 5.92 Å². The second kappa shape index (κ2) is 8.96. The first-order chi connectivity index (χ1) is 11.3. The molecule has 0 saturated carbocycles. The third-order valence-corrected chi connectivity index (χ3v) is 3.79. The highest BCUT2D eigenvalue weighted by Gasteiger charge is 2.43. The number of nitrogens with zero attached hydrogens (tertiary/aromatic N) is 1. The molecule has 1 aliphatic rings. The van der Waals surface area contributed by atoms with Crippen LogP contribution >= 0.6 is 12.4 Å². The molecule has 1 fully saturated rings. The smallest absolute Gasteiger partial charge is 0.262 e. The number of ether oxygens (including phenoxy) is 1. The van der Waals surface area contributed by atoms with Crippen LogP contribution in [0.4, 0.5) is 14.5 Å². The van der Waals surface area contributed by atoms with E-state index < -0.39 is 36.7 Å². The van der Waals surface area contributed by atoms with E-state index in [2.05, 4.69) is 10.6 Å². The van der Waals surface area contributed by atoms with Crippen LogP contribution in [-0.2, 0) is 9.59 Å². The number of amides is 2. The first-order valence-corrected chi connectivity index (χ1v) is 7.68. The van der Waals surface area contributed by atoms with Crippen molar-refractivity contribution in [2.45, 2.75) is 25.3 Å². The molecule has 0 radical (unpaired) electrons. The summed E-state index contributed by atoms with van der Waals surface area (Å²) in [6, 6.07) is 5.85. The number of hydrogen-bond acceptors (Lipinski definition) is 4. The summed E-state index contributed by atoms with van der Waals surface area (Å²) in [5.74, 6) is -3.19. The number of rotatable bonds is 6. The Hall–Kier alpha value is -1.93. The SMILES string of the molecule is CCN(CC(=O)Nc1cccc(OC)c1)C(=O)C1CC(F)(F)CN1.Cl. The third kappa shape index (κ3) is 5.82. The summed E-state index contributed by atoms with van der Waals surface area (Å²) >= 11 is 0. The van der Waals surface area contributed by atoms with Crippen LogP contribution in [0.1, 0.15) is 13.3 Å². The van der Waals surface area contributed by atoms with Crippen LogP contribution < -0.4 is 15.4 Å².